The molecule has 0 aliphatic heterocycles. The van der Waals surface area contributed by atoms with E-state index in [0.29, 0.717) is 11.6 Å². The molecule has 2 rings (SSSR count). The van der Waals surface area contributed by atoms with Crippen LogP contribution in [0.15, 0.2) is 22.9 Å². The molecule has 0 fully saturated rings. The summed E-state index contributed by atoms with van der Waals surface area (Å²) in [6.07, 6.45) is 0. The van der Waals surface area contributed by atoms with E-state index in [9.17, 15) is 13.6 Å². The third-order valence-electron chi connectivity index (χ3n) is 2.42. The van der Waals surface area contributed by atoms with E-state index in [4.69, 9.17) is 5.73 Å². The van der Waals surface area contributed by atoms with Crippen molar-refractivity contribution in [3.05, 3.63) is 45.7 Å². The molecule has 1 aromatic heterocycles. The van der Waals surface area contributed by atoms with Gasteiger partial charge in [0.25, 0.3) is 5.91 Å². The third kappa shape index (κ3) is 2.33. The zero-order chi connectivity index (χ0) is 13.3. The first kappa shape index (κ1) is 12.5. The smallest absolute Gasteiger partial charge is 0.256 e. The molecule has 0 unspecified atom stereocenters. The van der Waals surface area contributed by atoms with Crippen LogP contribution in [0.5, 0.6) is 0 Å². The van der Waals surface area contributed by atoms with Gasteiger partial charge in [-0.2, -0.15) is 11.3 Å². The summed E-state index contributed by atoms with van der Waals surface area (Å²) in [6, 6.07) is 1.63. The van der Waals surface area contributed by atoms with E-state index >= 15 is 0 Å². The molecular formula is C12H10F2N2OS. The molecule has 0 atom stereocenters. The maximum absolute atomic E-state index is 13.5. The Morgan fingerprint density at radius 1 is 1.33 bits per heavy atom. The maximum Gasteiger partial charge on any atom is 0.256 e. The van der Waals surface area contributed by atoms with Gasteiger partial charge in [0, 0.05) is 11.4 Å². The minimum atomic E-state index is -0.895. The fraction of sp³-hybridized carbons (Fsp3) is 0.0833. The quantitative estimate of drug-likeness (QED) is 0.822. The predicted molar refractivity (Wildman–Crippen MR) is 67.8 cm³/mol. The molecule has 1 aromatic carbocycles. The predicted octanol–water partition coefficient (Wildman–Crippen LogP) is 3.17. The van der Waals surface area contributed by atoms with Crippen LogP contribution < -0.4 is 11.1 Å². The number of rotatable bonds is 2. The second-order valence-electron chi connectivity index (χ2n) is 3.77. The number of nitrogen functional groups attached to an aromatic ring is 1. The number of anilines is 2. The van der Waals surface area contributed by atoms with Crippen LogP contribution in [0.3, 0.4) is 0 Å². The molecule has 0 radical (unpaired) electrons. The van der Waals surface area contributed by atoms with Gasteiger partial charge in [0.1, 0.15) is 11.5 Å². The highest BCUT2D eigenvalue weighted by Crippen LogP contribution is 2.25. The summed E-state index contributed by atoms with van der Waals surface area (Å²) in [4.78, 5) is 11.9. The van der Waals surface area contributed by atoms with Crippen LogP contribution in [-0.2, 0) is 0 Å². The van der Waals surface area contributed by atoms with Crippen molar-refractivity contribution in [3.63, 3.8) is 0 Å². The van der Waals surface area contributed by atoms with Gasteiger partial charge in [-0.05, 0) is 23.9 Å². The maximum atomic E-state index is 13.5. The molecule has 1 heterocycles. The highest BCUT2D eigenvalue weighted by atomic mass is 32.1. The van der Waals surface area contributed by atoms with Gasteiger partial charge in [-0.3, -0.25) is 4.79 Å². The summed E-state index contributed by atoms with van der Waals surface area (Å²) in [5, 5.41) is 5.81. The van der Waals surface area contributed by atoms with Crippen molar-refractivity contribution in [3.8, 4) is 0 Å². The van der Waals surface area contributed by atoms with E-state index in [1.165, 1.54) is 11.3 Å². The minimum Gasteiger partial charge on any atom is -0.397 e. The molecule has 94 valence electrons. The van der Waals surface area contributed by atoms with Gasteiger partial charge in [0.05, 0.1) is 11.3 Å². The Balaban J connectivity index is 2.31. The molecule has 3 N–H and O–H groups in total. The van der Waals surface area contributed by atoms with E-state index < -0.39 is 17.5 Å². The van der Waals surface area contributed by atoms with Crippen LogP contribution in [0.4, 0.5) is 20.2 Å². The largest absolute Gasteiger partial charge is 0.397 e. The van der Waals surface area contributed by atoms with Gasteiger partial charge < -0.3 is 11.1 Å². The van der Waals surface area contributed by atoms with Crippen LogP contribution in [0, 0.1) is 18.6 Å². The summed E-state index contributed by atoms with van der Waals surface area (Å²) >= 11 is 1.37. The number of amides is 1. The number of aryl methyl sites for hydroxylation is 1. The summed E-state index contributed by atoms with van der Waals surface area (Å²) in [6.45, 7) is 1.77. The van der Waals surface area contributed by atoms with Crippen molar-refractivity contribution in [2.24, 2.45) is 0 Å². The zero-order valence-corrected chi connectivity index (χ0v) is 10.3. The van der Waals surface area contributed by atoms with Crippen LogP contribution in [0.2, 0.25) is 0 Å². The second-order valence-corrected chi connectivity index (χ2v) is 4.52. The lowest BCUT2D eigenvalue weighted by molar-refractivity contribution is 0.102. The normalized spacial score (nSPS) is 10.4. The summed E-state index contributed by atoms with van der Waals surface area (Å²) in [7, 11) is 0. The van der Waals surface area contributed by atoms with E-state index in [-0.39, 0.29) is 11.4 Å². The number of nitrogens with one attached hydrogen (secondary N) is 1. The first-order chi connectivity index (χ1) is 8.49. The standard InChI is InChI=1S/C12H10F2N2OS/c1-6-4-18-5-8(6)12(17)16-11-9(14)2-7(13)3-10(11)15/h2-5H,15H2,1H3,(H,16,17). The summed E-state index contributed by atoms with van der Waals surface area (Å²) < 4.78 is 26.3. The monoisotopic (exact) mass is 268 g/mol. The Morgan fingerprint density at radius 2 is 2.06 bits per heavy atom. The molecule has 3 nitrogen and oxygen atoms in total. The minimum absolute atomic E-state index is 0.145. The van der Waals surface area contributed by atoms with Crippen molar-refractivity contribution >= 4 is 28.6 Å². The molecule has 18 heavy (non-hydrogen) atoms. The highest BCUT2D eigenvalue weighted by Gasteiger charge is 2.15. The zero-order valence-electron chi connectivity index (χ0n) is 9.46. The van der Waals surface area contributed by atoms with Crippen molar-refractivity contribution in [2.75, 3.05) is 11.1 Å². The van der Waals surface area contributed by atoms with Gasteiger partial charge in [0.15, 0.2) is 5.82 Å². The summed E-state index contributed by atoms with van der Waals surface area (Å²) in [5.74, 6) is -2.14. The molecule has 6 heteroatoms. The Labute approximate surface area is 106 Å². The SMILES string of the molecule is Cc1cscc1C(=O)Nc1c(N)cc(F)cc1F. The Kier molecular flexibility index (Phi) is 3.29. The number of hydrogen-bond acceptors (Lipinski definition) is 3. The van der Waals surface area contributed by atoms with E-state index in [1.807, 2.05) is 0 Å². The van der Waals surface area contributed by atoms with Gasteiger partial charge >= 0.3 is 0 Å². The van der Waals surface area contributed by atoms with Crippen molar-refractivity contribution in [2.45, 2.75) is 6.92 Å². The fourth-order valence-corrected chi connectivity index (χ4v) is 2.33. The van der Waals surface area contributed by atoms with E-state index in [0.717, 1.165) is 11.6 Å². The van der Waals surface area contributed by atoms with Crippen LogP contribution in [0.1, 0.15) is 15.9 Å². The van der Waals surface area contributed by atoms with Crippen molar-refractivity contribution in [1.29, 1.82) is 0 Å². The lowest BCUT2D eigenvalue weighted by Crippen LogP contribution is -2.15. The number of thiophene rings is 1. The van der Waals surface area contributed by atoms with Crippen LogP contribution >= 0.6 is 11.3 Å². The average molecular weight is 268 g/mol. The number of benzene rings is 1. The molecule has 0 bridgehead atoms. The van der Waals surface area contributed by atoms with Crippen LogP contribution in [0.25, 0.3) is 0 Å². The topological polar surface area (TPSA) is 55.1 Å². The molecule has 0 spiro atoms. The molecule has 2 aromatic rings. The lowest BCUT2D eigenvalue weighted by Gasteiger charge is -2.09. The van der Waals surface area contributed by atoms with Crippen molar-refractivity contribution in [1.82, 2.24) is 0 Å². The van der Waals surface area contributed by atoms with Gasteiger partial charge in [0.2, 0.25) is 0 Å². The first-order valence-electron chi connectivity index (χ1n) is 5.07. The molecular weight excluding hydrogens is 258 g/mol. The van der Waals surface area contributed by atoms with Gasteiger partial charge in [-0.15, -0.1) is 0 Å². The Hall–Kier alpha value is -1.95. The van der Waals surface area contributed by atoms with Gasteiger partial charge in [-0.25, -0.2) is 8.78 Å². The Bertz CT molecular complexity index is 587. The van der Waals surface area contributed by atoms with E-state index in [1.54, 1.807) is 17.7 Å². The number of carbonyl (C=O) groups excluding carboxylic acids is 1. The number of carbonyl (C=O) groups is 1. The fourth-order valence-electron chi connectivity index (χ4n) is 1.50. The second kappa shape index (κ2) is 4.73. The summed E-state index contributed by atoms with van der Waals surface area (Å²) in [5.41, 5.74) is 6.36. The molecule has 1 amide bonds. The molecule has 0 saturated heterocycles. The van der Waals surface area contributed by atoms with E-state index in [2.05, 4.69) is 5.32 Å². The molecule has 0 aliphatic rings. The first-order valence-corrected chi connectivity index (χ1v) is 6.02. The number of halogens is 2. The highest BCUT2D eigenvalue weighted by molar-refractivity contribution is 7.08. The van der Waals surface area contributed by atoms with Crippen LogP contribution in [-0.4, -0.2) is 5.91 Å². The molecule has 0 saturated carbocycles. The Morgan fingerprint density at radius 3 is 2.61 bits per heavy atom. The van der Waals surface area contributed by atoms with Crippen molar-refractivity contribution < 1.29 is 13.6 Å². The lowest BCUT2D eigenvalue weighted by atomic mass is 10.2. The number of hydrogen-bond donors (Lipinski definition) is 2. The van der Waals surface area contributed by atoms with Gasteiger partial charge in [-0.1, -0.05) is 0 Å². The molecule has 0 aliphatic carbocycles. The third-order valence-corrected chi connectivity index (χ3v) is 3.29. The average Bonchev–Trinajstić information content (AvgIpc) is 2.69. The number of nitrogens with two attached hydrogens (primary N) is 1.